The number of aliphatic hydroxyl groups is 1. The van der Waals surface area contributed by atoms with Crippen molar-refractivity contribution in [2.24, 2.45) is 0 Å². The molecule has 1 atom stereocenters. The Morgan fingerprint density at radius 3 is 2.63 bits per heavy atom. The van der Waals surface area contributed by atoms with E-state index in [1.165, 1.54) is 18.3 Å². The summed E-state index contributed by atoms with van der Waals surface area (Å²) < 4.78 is 46.4. The number of hydrogen-bond donors (Lipinski definition) is 4. The van der Waals surface area contributed by atoms with Gasteiger partial charge in [-0.25, -0.2) is 4.98 Å². The van der Waals surface area contributed by atoms with E-state index in [9.17, 15) is 23.1 Å². The quantitative estimate of drug-likeness (QED) is 0.292. The first-order valence-electron chi connectivity index (χ1n) is 10.2. The van der Waals surface area contributed by atoms with Gasteiger partial charge in [0, 0.05) is 11.9 Å². The number of nitrogens with one attached hydrogen (secondary N) is 3. The third-order valence-corrected chi connectivity index (χ3v) is 5.24. The molecule has 0 spiro atoms. The van der Waals surface area contributed by atoms with E-state index in [2.05, 4.69) is 30.8 Å². The zero-order valence-electron chi connectivity index (χ0n) is 17.7. The standard InChI is InChI=1S/C22H16F3N7O3/c23-20-32-31-19(35-20)14-9-26-21(29-17(14)28-16(10-33)11-4-2-1-3-5-11)27-12-6-7-13-15(8-12)22(24,25)30-18(13)34/h1-9,16,33H,10H2,(H,30,34)(H2,26,27,28,29)/t16-/m1/s1. The molecule has 0 bridgehead atoms. The molecule has 178 valence electrons. The number of fused-ring (bicyclic) bond motifs is 1. The van der Waals surface area contributed by atoms with Gasteiger partial charge in [-0.3, -0.25) is 10.1 Å². The monoisotopic (exact) mass is 483 g/mol. The molecule has 1 aliphatic heterocycles. The normalized spacial score (nSPS) is 14.8. The second-order valence-corrected chi connectivity index (χ2v) is 7.52. The van der Waals surface area contributed by atoms with E-state index in [-0.39, 0.29) is 41.1 Å². The average molecular weight is 483 g/mol. The fourth-order valence-electron chi connectivity index (χ4n) is 3.59. The van der Waals surface area contributed by atoms with Crippen LogP contribution in [0.2, 0.25) is 0 Å². The molecule has 1 amide bonds. The fourth-order valence-corrected chi connectivity index (χ4v) is 3.59. The van der Waals surface area contributed by atoms with E-state index in [0.29, 0.717) is 0 Å². The van der Waals surface area contributed by atoms with Gasteiger partial charge in [0.1, 0.15) is 5.82 Å². The van der Waals surface area contributed by atoms with Gasteiger partial charge in [0.15, 0.2) is 0 Å². The summed E-state index contributed by atoms with van der Waals surface area (Å²) in [5.74, 6) is -0.978. The highest BCUT2D eigenvalue weighted by atomic mass is 19.3. The van der Waals surface area contributed by atoms with E-state index in [4.69, 9.17) is 4.42 Å². The lowest BCUT2D eigenvalue weighted by Gasteiger charge is -2.19. The van der Waals surface area contributed by atoms with Crippen molar-refractivity contribution in [1.82, 2.24) is 25.5 Å². The van der Waals surface area contributed by atoms with Gasteiger partial charge in [0.25, 0.3) is 11.8 Å². The maximum atomic E-state index is 14.1. The van der Waals surface area contributed by atoms with Gasteiger partial charge < -0.3 is 20.2 Å². The molecular formula is C22H16F3N7O3. The lowest BCUT2D eigenvalue weighted by molar-refractivity contribution is -0.0241. The number of aliphatic hydroxyl groups excluding tert-OH is 1. The molecule has 0 fully saturated rings. The number of alkyl halides is 2. The number of carbonyl (C=O) groups is 1. The summed E-state index contributed by atoms with van der Waals surface area (Å²) in [4.78, 5) is 20.2. The Morgan fingerprint density at radius 2 is 1.91 bits per heavy atom. The van der Waals surface area contributed by atoms with Crippen LogP contribution >= 0.6 is 0 Å². The minimum atomic E-state index is -3.51. The van der Waals surface area contributed by atoms with Crippen LogP contribution in [-0.4, -0.2) is 37.8 Å². The molecule has 0 saturated carbocycles. The number of benzene rings is 2. The van der Waals surface area contributed by atoms with Gasteiger partial charge in [-0.2, -0.15) is 13.8 Å². The first kappa shape index (κ1) is 22.3. The van der Waals surface area contributed by atoms with E-state index in [0.717, 1.165) is 11.6 Å². The van der Waals surface area contributed by atoms with E-state index in [1.54, 1.807) is 29.6 Å². The average Bonchev–Trinajstić information content (AvgIpc) is 3.37. The van der Waals surface area contributed by atoms with Crippen molar-refractivity contribution in [3.63, 3.8) is 0 Å². The molecule has 0 aliphatic carbocycles. The molecule has 5 rings (SSSR count). The Bertz CT molecular complexity index is 1400. The second kappa shape index (κ2) is 8.68. The van der Waals surface area contributed by atoms with Gasteiger partial charge in [-0.1, -0.05) is 35.4 Å². The molecule has 35 heavy (non-hydrogen) atoms. The van der Waals surface area contributed by atoms with Crippen LogP contribution in [0.3, 0.4) is 0 Å². The van der Waals surface area contributed by atoms with Crippen LogP contribution in [0.25, 0.3) is 11.5 Å². The summed E-state index contributed by atoms with van der Waals surface area (Å²) in [6, 6.07) is 8.69. The SMILES string of the molecule is O=C1NC(F)(F)c2cc(Nc3ncc(-c4nnc(F)o4)c(N[C@H](CO)c4ccccc4)n3)ccc21. The zero-order chi connectivity index (χ0) is 24.6. The molecule has 0 unspecified atom stereocenters. The highest BCUT2D eigenvalue weighted by molar-refractivity contribution is 5.99. The topological polar surface area (TPSA) is 138 Å². The summed E-state index contributed by atoms with van der Waals surface area (Å²) >= 11 is 0. The summed E-state index contributed by atoms with van der Waals surface area (Å²) in [6.07, 6.45) is 0.119. The lowest BCUT2D eigenvalue weighted by Crippen LogP contribution is -2.29. The van der Waals surface area contributed by atoms with Gasteiger partial charge in [-0.05, 0) is 23.8 Å². The minimum Gasteiger partial charge on any atom is -0.394 e. The molecule has 4 aromatic rings. The van der Waals surface area contributed by atoms with Crippen LogP contribution in [0.5, 0.6) is 0 Å². The smallest absolute Gasteiger partial charge is 0.394 e. The molecule has 0 radical (unpaired) electrons. The van der Waals surface area contributed by atoms with Crippen molar-refractivity contribution in [1.29, 1.82) is 0 Å². The first-order chi connectivity index (χ1) is 16.8. The maximum absolute atomic E-state index is 14.1. The summed E-state index contributed by atoms with van der Waals surface area (Å²) in [5.41, 5.74) is 0.476. The third kappa shape index (κ3) is 4.36. The van der Waals surface area contributed by atoms with Crippen molar-refractivity contribution in [2.75, 3.05) is 17.2 Å². The molecule has 0 saturated heterocycles. The van der Waals surface area contributed by atoms with E-state index >= 15 is 0 Å². The van der Waals surface area contributed by atoms with Crippen LogP contribution in [0.4, 0.5) is 30.6 Å². The molecule has 3 heterocycles. The molecule has 2 aromatic carbocycles. The van der Waals surface area contributed by atoms with E-state index < -0.39 is 29.7 Å². The predicted molar refractivity (Wildman–Crippen MR) is 116 cm³/mol. The van der Waals surface area contributed by atoms with E-state index in [1.807, 2.05) is 6.07 Å². The highest BCUT2D eigenvalue weighted by Crippen LogP contribution is 2.36. The van der Waals surface area contributed by atoms with Crippen molar-refractivity contribution < 1.29 is 27.5 Å². The Hall–Kier alpha value is -4.52. The van der Waals surface area contributed by atoms with Crippen molar-refractivity contribution in [3.05, 3.63) is 77.6 Å². The zero-order valence-corrected chi connectivity index (χ0v) is 17.7. The number of hydrogen-bond acceptors (Lipinski definition) is 9. The van der Waals surface area contributed by atoms with Crippen LogP contribution < -0.4 is 16.0 Å². The summed E-state index contributed by atoms with van der Waals surface area (Å²) in [5, 5.41) is 24.2. The Morgan fingerprint density at radius 1 is 1.11 bits per heavy atom. The second-order valence-electron chi connectivity index (χ2n) is 7.52. The predicted octanol–water partition coefficient (Wildman–Crippen LogP) is 3.35. The van der Waals surface area contributed by atoms with Gasteiger partial charge in [-0.15, -0.1) is 9.49 Å². The highest BCUT2D eigenvalue weighted by Gasteiger charge is 2.44. The van der Waals surface area contributed by atoms with Crippen LogP contribution in [0.1, 0.15) is 27.5 Å². The summed E-state index contributed by atoms with van der Waals surface area (Å²) in [6.45, 7) is -0.310. The maximum Gasteiger partial charge on any atom is 0.402 e. The summed E-state index contributed by atoms with van der Waals surface area (Å²) in [7, 11) is 0. The number of rotatable bonds is 7. The molecule has 1 aliphatic rings. The Labute approximate surface area is 195 Å². The molecule has 10 nitrogen and oxygen atoms in total. The number of aromatic nitrogens is 4. The third-order valence-electron chi connectivity index (χ3n) is 5.24. The number of amides is 1. The molecule has 13 heteroatoms. The lowest BCUT2D eigenvalue weighted by atomic mass is 10.1. The van der Waals surface area contributed by atoms with Crippen molar-refractivity contribution in [2.45, 2.75) is 12.1 Å². The first-order valence-corrected chi connectivity index (χ1v) is 10.2. The van der Waals surface area contributed by atoms with Crippen LogP contribution in [0.15, 0.2) is 59.1 Å². The van der Waals surface area contributed by atoms with Crippen LogP contribution in [-0.2, 0) is 6.05 Å². The largest absolute Gasteiger partial charge is 0.402 e. The minimum absolute atomic E-state index is 0.0125. The number of carbonyl (C=O) groups excluding carboxylic acids is 1. The number of nitrogens with zero attached hydrogens (tertiary/aromatic N) is 4. The fraction of sp³-hybridized carbons (Fsp3) is 0.136. The van der Waals surface area contributed by atoms with Gasteiger partial charge in [0.05, 0.1) is 29.3 Å². The van der Waals surface area contributed by atoms with Crippen molar-refractivity contribution >= 4 is 23.4 Å². The number of halogens is 3. The molecule has 4 N–H and O–H groups in total. The van der Waals surface area contributed by atoms with Crippen LogP contribution in [0, 0.1) is 6.14 Å². The Balaban J connectivity index is 1.50. The van der Waals surface area contributed by atoms with Gasteiger partial charge >= 0.3 is 12.2 Å². The Kier molecular flexibility index (Phi) is 5.53. The molecule has 2 aromatic heterocycles. The van der Waals surface area contributed by atoms with Gasteiger partial charge in [0.2, 0.25) is 5.95 Å². The number of anilines is 3. The van der Waals surface area contributed by atoms with Crippen molar-refractivity contribution in [3.8, 4) is 11.5 Å². The molecular weight excluding hydrogens is 467 g/mol.